The zero-order valence-corrected chi connectivity index (χ0v) is 16.6. The maximum atomic E-state index is 12.5. The van der Waals surface area contributed by atoms with Gasteiger partial charge in [-0.05, 0) is 67.4 Å². The lowest BCUT2D eigenvalue weighted by Crippen LogP contribution is -2.25. The van der Waals surface area contributed by atoms with E-state index in [9.17, 15) is 4.79 Å². The molecule has 0 radical (unpaired) electrons. The first-order valence-electron chi connectivity index (χ1n) is 9.55. The van der Waals surface area contributed by atoms with Crippen molar-refractivity contribution in [2.24, 2.45) is 0 Å². The van der Waals surface area contributed by atoms with E-state index in [1.165, 1.54) is 0 Å². The Morgan fingerprint density at radius 2 is 1.86 bits per heavy atom. The Kier molecular flexibility index (Phi) is 7.05. The third kappa shape index (κ3) is 5.97. The number of methoxy groups -OCH3 is 1. The molecular weight excluding hydrogens is 366 g/mol. The van der Waals surface area contributed by atoms with Crippen LogP contribution in [0.5, 0.6) is 11.5 Å². The minimum Gasteiger partial charge on any atom is -0.497 e. The molecule has 0 atom stereocenters. The van der Waals surface area contributed by atoms with Gasteiger partial charge in [-0.1, -0.05) is 12.1 Å². The highest BCUT2D eigenvalue weighted by molar-refractivity contribution is 5.94. The van der Waals surface area contributed by atoms with E-state index in [-0.39, 0.29) is 5.91 Å². The first-order chi connectivity index (χ1) is 14.2. The molecule has 2 N–H and O–H groups in total. The number of carbonyl (C=O) groups is 1. The Labute approximate surface area is 170 Å². The van der Waals surface area contributed by atoms with E-state index >= 15 is 0 Å². The number of amides is 1. The summed E-state index contributed by atoms with van der Waals surface area (Å²) in [6, 6.07) is 18.9. The van der Waals surface area contributed by atoms with Crippen LogP contribution in [0.4, 0.5) is 11.5 Å². The molecule has 0 bridgehead atoms. The molecule has 3 aromatic rings. The smallest absolute Gasteiger partial charge is 0.251 e. The van der Waals surface area contributed by atoms with Gasteiger partial charge in [-0.2, -0.15) is 0 Å². The number of aromatic nitrogens is 1. The van der Waals surface area contributed by atoms with E-state index in [0.717, 1.165) is 29.2 Å². The first-order valence-corrected chi connectivity index (χ1v) is 9.55. The van der Waals surface area contributed by atoms with Crippen molar-refractivity contribution in [3.63, 3.8) is 0 Å². The SMILES string of the molecule is CCOc1ccc(Nc2cc(C(=O)NCCc3cccc(OC)c3)ccn2)cc1. The quantitative estimate of drug-likeness (QED) is 0.572. The molecule has 0 aliphatic rings. The number of hydrogen-bond acceptors (Lipinski definition) is 5. The van der Waals surface area contributed by atoms with Gasteiger partial charge in [-0.25, -0.2) is 4.98 Å². The number of pyridine rings is 1. The number of hydrogen-bond donors (Lipinski definition) is 2. The third-order valence-electron chi connectivity index (χ3n) is 4.29. The Balaban J connectivity index is 1.55. The number of benzene rings is 2. The van der Waals surface area contributed by atoms with E-state index in [2.05, 4.69) is 15.6 Å². The average molecular weight is 391 g/mol. The van der Waals surface area contributed by atoms with Gasteiger partial charge in [0, 0.05) is 24.0 Å². The predicted molar refractivity (Wildman–Crippen MR) is 114 cm³/mol. The molecule has 1 aromatic heterocycles. The molecule has 1 amide bonds. The molecular formula is C23H25N3O3. The number of anilines is 2. The fraction of sp³-hybridized carbons (Fsp3) is 0.217. The van der Waals surface area contributed by atoms with Crippen molar-refractivity contribution in [3.05, 3.63) is 78.0 Å². The van der Waals surface area contributed by atoms with E-state index < -0.39 is 0 Å². The number of rotatable bonds is 9. The van der Waals surface area contributed by atoms with Crippen molar-refractivity contribution in [3.8, 4) is 11.5 Å². The van der Waals surface area contributed by atoms with Gasteiger partial charge in [-0.15, -0.1) is 0 Å². The van der Waals surface area contributed by atoms with Crippen LogP contribution in [0.2, 0.25) is 0 Å². The van der Waals surface area contributed by atoms with Crippen LogP contribution >= 0.6 is 0 Å². The minimum absolute atomic E-state index is 0.134. The Hall–Kier alpha value is -3.54. The molecule has 0 unspecified atom stereocenters. The number of ether oxygens (including phenoxy) is 2. The second-order valence-electron chi connectivity index (χ2n) is 6.37. The summed E-state index contributed by atoms with van der Waals surface area (Å²) in [5, 5.41) is 6.15. The van der Waals surface area contributed by atoms with Crippen molar-refractivity contribution >= 4 is 17.4 Å². The molecule has 0 aliphatic carbocycles. The summed E-state index contributed by atoms with van der Waals surface area (Å²) in [7, 11) is 1.64. The van der Waals surface area contributed by atoms with Gasteiger partial charge in [0.2, 0.25) is 0 Å². The summed E-state index contributed by atoms with van der Waals surface area (Å²) in [6.07, 6.45) is 2.35. The molecule has 0 spiro atoms. The van der Waals surface area contributed by atoms with Crippen molar-refractivity contribution in [2.75, 3.05) is 25.6 Å². The lowest BCUT2D eigenvalue weighted by atomic mass is 10.1. The van der Waals surface area contributed by atoms with Crippen LogP contribution in [0.1, 0.15) is 22.8 Å². The number of nitrogens with one attached hydrogen (secondary N) is 2. The van der Waals surface area contributed by atoms with Crippen LogP contribution in [-0.2, 0) is 6.42 Å². The first kappa shape index (κ1) is 20.2. The third-order valence-corrected chi connectivity index (χ3v) is 4.29. The fourth-order valence-electron chi connectivity index (χ4n) is 2.84. The standard InChI is InChI=1S/C23H25N3O3/c1-3-29-20-9-7-19(8-10-20)26-22-16-18(12-14-24-22)23(27)25-13-11-17-5-4-6-21(15-17)28-2/h4-10,12,14-16H,3,11,13H2,1-2H3,(H,24,26)(H,25,27). The summed E-state index contributed by atoms with van der Waals surface area (Å²) in [6.45, 7) is 3.11. The number of nitrogens with zero attached hydrogens (tertiary/aromatic N) is 1. The van der Waals surface area contributed by atoms with E-state index in [4.69, 9.17) is 9.47 Å². The van der Waals surface area contributed by atoms with Gasteiger partial charge >= 0.3 is 0 Å². The van der Waals surface area contributed by atoms with Gasteiger partial charge in [0.25, 0.3) is 5.91 Å². The Morgan fingerprint density at radius 1 is 1.03 bits per heavy atom. The van der Waals surface area contributed by atoms with E-state index in [1.807, 2.05) is 55.5 Å². The zero-order chi connectivity index (χ0) is 20.5. The Bertz CT molecular complexity index is 942. The molecule has 0 saturated heterocycles. The summed E-state index contributed by atoms with van der Waals surface area (Å²) < 4.78 is 10.7. The highest BCUT2D eigenvalue weighted by Gasteiger charge is 2.07. The topological polar surface area (TPSA) is 72.5 Å². The maximum absolute atomic E-state index is 12.5. The molecule has 0 saturated carbocycles. The molecule has 29 heavy (non-hydrogen) atoms. The molecule has 2 aromatic carbocycles. The van der Waals surface area contributed by atoms with Crippen molar-refractivity contribution in [1.29, 1.82) is 0 Å². The van der Waals surface area contributed by atoms with Crippen LogP contribution in [0.3, 0.4) is 0 Å². The van der Waals surface area contributed by atoms with Crippen LogP contribution in [-0.4, -0.2) is 31.2 Å². The molecule has 6 heteroatoms. The van der Waals surface area contributed by atoms with Gasteiger partial charge < -0.3 is 20.1 Å². The summed E-state index contributed by atoms with van der Waals surface area (Å²) in [5.41, 5.74) is 2.54. The molecule has 0 fully saturated rings. The van der Waals surface area contributed by atoms with Crippen LogP contribution in [0.25, 0.3) is 0 Å². The normalized spacial score (nSPS) is 10.3. The van der Waals surface area contributed by atoms with Crippen molar-refractivity contribution in [1.82, 2.24) is 10.3 Å². The molecule has 6 nitrogen and oxygen atoms in total. The second kappa shape index (κ2) is 10.1. The fourth-order valence-corrected chi connectivity index (χ4v) is 2.84. The van der Waals surface area contributed by atoms with Crippen LogP contribution < -0.4 is 20.1 Å². The largest absolute Gasteiger partial charge is 0.497 e. The van der Waals surface area contributed by atoms with Gasteiger partial charge in [0.1, 0.15) is 17.3 Å². The summed E-state index contributed by atoms with van der Waals surface area (Å²) in [5.74, 6) is 2.10. The second-order valence-corrected chi connectivity index (χ2v) is 6.37. The van der Waals surface area contributed by atoms with Crippen molar-refractivity contribution < 1.29 is 14.3 Å². The lowest BCUT2D eigenvalue weighted by molar-refractivity contribution is 0.0954. The minimum atomic E-state index is -0.134. The highest BCUT2D eigenvalue weighted by Crippen LogP contribution is 2.19. The molecule has 0 aliphatic heterocycles. The van der Waals surface area contributed by atoms with Crippen molar-refractivity contribution in [2.45, 2.75) is 13.3 Å². The van der Waals surface area contributed by atoms with Crippen LogP contribution in [0.15, 0.2) is 66.9 Å². The highest BCUT2D eigenvalue weighted by atomic mass is 16.5. The predicted octanol–water partition coefficient (Wildman–Crippen LogP) is 4.21. The molecule has 1 heterocycles. The zero-order valence-electron chi connectivity index (χ0n) is 16.6. The molecule has 3 rings (SSSR count). The maximum Gasteiger partial charge on any atom is 0.251 e. The summed E-state index contributed by atoms with van der Waals surface area (Å²) >= 11 is 0. The van der Waals surface area contributed by atoms with Gasteiger partial charge in [0.05, 0.1) is 13.7 Å². The van der Waals surface area contributed by atoms with E-state index in [1.54, 1.807) is 25.4 Å². The lowest BCUT2D eigenvalue weighted by Gasteiger charge is -2.10. The molecule has 150 valence electrons. The summed E-state index contributed by atoms with van der Waals surface area (Å²) in [4.78, 5) is 16.8. The van der Waals surface area contributed by atoms with Crippen LogP contribution in [0, 0.1) is 0 Å². The number of carbonyl (C=O) groups excluding carboxylic acids is 1. The Morgan fingerprint density at radius 3 is 2.62 bits per heavy atom. The van der Waals surface area contributed by atoms with Gasteiger partial charge in [-0.3, -0.25) is 4.79 Å². The monoisotopic (exact) mass is 391 g/mol. The van der Waals surface area contributed by atoms with Gasteiger partial charge in [0.15, 0.2) is 0 Å². The van der Waals surface area contributed by atoms with E-state index in [0.29, 0.717) is 24.5 Å². The average Bonchev–Trinajstić information content (AvgIpc) is 2.75.